The predicted molar refractivity (Wildman–Crippen MR) is 105 cm³/mol. The fraction of sp³-hybridized carbons (Fsp3) is 0.105. The summed E-state index contributed by atoms with van der Waals surface area (Å²) >= 11 is 12.2. The van der Waals surface area contributed by atoms with Crippen LogP contribution in [0.15, 0.2) is 54.6 Å². The number of hydrogen-bond acceptors (Lipinski definition) is 4. The van der Waals surface area contributed by atoms with Gasteiger partial charge in [-0.15, -0.1) is 0 Å². The molecule has 7 heteroatoms. The molecule has 3 aromatic rings. The molecule has 1 amide bonds. The normalized spacial score (nSPS) is 10.4. The van der Waals surface area contributed by atoms with E-state index < -0.39 is 0 Å². The molecule has 0 unspecified atom stereocenters. The molecule has 0 aliphatic carbocycles. The molecule has 1 aromatic heterocycles. The predicted octanol–water partition coefficient (Wildman–Crippen LogP) is 4.96. The minimum absolute atomic E-state index is 0.249. The van der Waals surface area contributed by atoms with Crippen molar-refractivity contribution in [2.45, 2.75) is 13.5 Å². The molecule has 3 rings (SSSR count). The summed E-state index contributed by atoms with van der Waals surface area (Å²) in [6.07, 6.45) is 0. The smallest absolute Gasteiger partial charge is 0.274 e. The highest BCUT2D eigenvalue weighted by Crippen LogP contribution is 2.21. The Morgan fingerprint density at radius 2 is 1.69 bits per heavy atom. The largest absolute Gasteiger partial charge is 0.366 e. The van der Waals surface area contributed by atoms with Crippen LogP contribution in [-0.2, 0) is 6.54 Å². The Kier molecular flexibility index (Phi) is 5.71. The van der Waals surface area contributed by atoms with Crippen molar-refractivity contribution < 1.29 is 4.79 Å². The van der Waals surface area contributed by atoms with E-state index in [1.165, 1.54) is 0 Å². The molecule has 0 radical (unpaired) electrons. The van der Waals surface area contributed by atoms with Crippen molar-refractivity contribution in [3.8, 4) is 0 Å². The highest BCUT2D eigenvalue weighted by molar-refractivity contribution is 6.33. The van der Waals surface area contributed by atoms with Gasteiger partial charge in [0.15, 0.2) is 0 Å². The van der Waals surface area contributed by atoms with E-state index in [4.69, 9.17) is 23.2 Å². The van der Waals surface area contributed by atoms with Crippen LogP contribution in [0.4, 0.5) is 11.5 Å². The first-order chi connectivity index (χ1) is 12.5. The summed E-state index contributed by atoms with van der Waals surface area (Å²) in [5.41, 5.74) is 1.72. The van der Waals surface area contributed by atoms with Crippen molar-refractivity contribution in [2.75, 3.05) is 10.6 Å². The molecule has 0 atom stereocenters. The number of halogens is 2. The molecule has 0 saturated heterocycles. The van der Waals surface area contributed by atoms with Gasteiger partial charge in [0.1, 0.15) is 17.3 Å². The fourth-order valence-corrected chi connectivity index (χ4v) is 2.74. The van der Waals surface area contributed by atoms with Crippen LogP contribution in [0, 0.1) is 6.92 Å². The molecule has 0 aliphatic rings. The van der Waals surface area contributed by atoms with E-state index in [0.717, 1.165) is 5.56 Å². The minimum Gasteiger partial charge on any atom is -0.366 e. The van der Waals surface area contributed by atoms with Crippen LogP contribution in [0.2, 0.25) is 10.0 Å². The van der Waals surface area contributed by atoms with E-state index in [1.807, 2.05) is 24.3 Å². The maximum Gasteiger partial charge on any atom is 0.274 e. The maximum absolute atomic E-state index is 12.5. The fourth-order valence-electron chi connectivity index (χ4n) is 2.35. The molecule has 132 valence electrons. The first kappa shape index (κ1) is 18.2. The lowest BCUT2D eigenvalue weighted by Crippen LogP contribution is -2.16. The molecule has 26 heavy (non-hydrogen) atoms. The van der Waals surface area contributed by atoms with E-state index in [2.05, 4.69) is 20.6 Å². The number of aryl methyl sites for hydroxylation is 1. The summed E-state index contributed by atoms with van der Waals surface area (Å²) < 4.78 is 0. The molecular formula is C19H16Cl2N4O. The van der Waals surface area contributed by atoms with Crippen molar-refractivity contribution in [2.24, 2.45) is 0 Å². The first-order valence-electron chi connectivity index (χ1n) is 7.92. The Morgan fingerprint density at radius 1 is 1.00 bits per heavy atom. The summed E-state index contributed by atoms with van der Waals surface area (Å²) in [5, 5.41) is 7.06. The number of carbonyl (C=O) groups is 1. The summed E-state index contributed by atoms with van der Waals surface area (Å²) in [5.74, 6) is 0.671. The van der Waals surface area contributed by atoms with Crippen LogP contribution in [0.5, 0.6) is 0 Å². The summed E-state index contributed by atoms with van der Waals surface area (Å²) in [6.45, 7) is 2.22. The molecule has 0 fully saturated rings. The van der Waals surface area contributed by atoms with Crippen LogP contribution in [-0.4, -0.2) is 15.9 Å². The second kappa shape index (κ2) is 8.17. The molecule has 0 bridgehead atoms. The third-order valence-electron chi connectivity index (χ3n) is 3.61. The second-order valence-electron chi connectivity index (χ2n) is 5.56. The zero-order valence-electron chi connectivity index (χ0n) is 14.0. The SMILES string of the molecule is Cc1nc(NCc2ccccc2Cl)cc(C(=O)Nc2ccccc2Cl)n1. The van der Waals surface area contributed by atoms with Crippen molar-refractivity contribution in [3.05, 3.63) is 81.7 Å². The molecule has 0 aliphatic heterocycles. The third-order valence-corrected chi connectivity index (χ3v) is 4.31. The molecule has 0 saturated carbocycles. The van der Waals surface area contributed by atoms with Crippen LogP contribution in [0.1, 0.15) is 21.9 Å². The number of hydrogen-bond donors (Lipinski definition) is 2. The zero-order chi connectivity index (χ0) is 18.5. The van der Waals surface area contributed by atoms with Gasteiger partial charge in [0.05, 0.1) is 10.7 Å². The number of para-hydroxylation sites is 1. The van der Waals surface area contributed by atoms with Gasteiger partial charge in [-0.2, -0.15) is 0 Å². The second-order valence-corrected chi connectivity index (χ2v) is 6.38. The molecule has 5 nitrogen and oxygen atoms in total. The minimum atomic E-state index is -0.357. The average molecular weight is 387 g/mol. The van der Waals surface area contributed by atoms with Crippen molar-refractivity contribution >= 4 is 40.6 Å². The Morgan fingerprint density at radius 3 is 2.42 bits per heavy atom. The molecule has 1 heterocycles. The number of amides is 1. The average Bonchev–Trinajstić information content (AvgIpc) is 2.62. The van der Waals surface area contributed by atoms with E-state index in [0.29, 0.717) is 33.9 Å². The molecule has 0 spiro atoms. The summed E-state index contributed by atoms with van der Waals surface area (Å²) in [7, 11) is 0. The van der Waals surface area contributed by atoms with Crippen LogP contribution >= 0.6 is 23.2 Å². The number of nitrogens with zero attached hydrogens (tertiary/aromatic N) is 2. The van der Waals surface area contributed by atoms with Gasteiger partial charge in [-0.3, -0.25) is 4.79 Å². The number of carbonyl (C=O) groups excluding carboxylic acids is 1. The van der Waals surface area contributed by atoms with Gasteiger partial charge in [-0.05, 0) is 30.7 Å². The highest BCUT2D eigenvalue weighted by Gasteiger charge is 2.12. The molecule has 2 N–H and O–H groups in total. The number of aromatic nitrogens is 2. The van der Waals surface area contributed by atoms with Gasteiger partial charge in [0.2, 0.25) is 0 Å². The Bertz CT molecular complexity index is 946. The maximum atomic E-state index is 12.5. The van der Waals surface area contributed by atoms with Gasteiger partial charge < -0.3 is 10.6 Å². The Balaban J connectivity index is 1.76. The Labute approximate surface area is 161 Å². The number of nitrogens with one attached hydrogen (secondary N) is 2. The monoisotopic (exact) mass is 386 g/mol. The van der Waals surface area contributed by atoms with Crippen LogP contribution in [0.3, 0.4) is 0 Å². The lowest BCUT2D eigenvalue weighted by molar-refractivity contribution is 0.102. The van der Waals surface area contributed by atoms with Crippen molar-refractivity contribution in [1.82, 2.24) is 9.97 Å². The van der Waals surface area contributed by atoms with E-state index >= 15 is 0 Å². The Hall–Kier alpha value is -2.63. The standard InChI is InChI=1S/C19H16Cl2N4O/c1-12-23-17(19(26)25-16-9-5-4-8-15(16)21)10-18(24-12)22-11-13-6-2-3-7-14(13)20/h2-10H,11H2,1H3,(H,25,26)(H,22,23,24). The molecular weight excluding hydrogens is 371 g/mol. The van der Waals surface area contributed by atoms with E-state index in [9.17, 15) is 4.79 Å². The lowest BCUT2D eigenvalue weighted by Gasteiger charge is -2.10. The number of benzene rings is 2. The number of anilines is 2. The van der Waals surface area contributed by atoms with Crippen molar-refractivity contribution in [1.29, 1.82) is 0 Å². The quantitative estimate of drug-likeness (QED) is 0.650. The van der Waals surface area contributed by atoms with E-state index in [1.54, 1.807) is 37.3 Å². The van der Waals surface area contributed by atoms with E-state index in [-0.39, 0.29) is 11.6 Å². The summed E-state index contributed by atoms with van der Waals surface area (Å²) in [6, 6.07) is 16.2. The zero-order valence-corrected chi connectivity index (χ0v) is 15.5. The van der Waals surface area contributed by atoms with Crippen molar-refractivity contribution in [3.63, 3.8) is 0 Å². The van der Waals surface area contributed by atoms with Gasteiger partial charge in [0.25, 0.3) is 5.91 Å². The highest BCUT2D eigenvalue weighted by atomic mass is 35.5. The first-order valence-corrected chi connectivity index (χ1v) is 8.67. The van der Waals surface area contributed by atoms with Crippen LogP contribution in [0.25, 0.3) is 0 Å². The van der Waals surface area contributed by atoms with Gasteiger partial charge in [0, 0.05) is 17.6 Å². The molecule has 2 aromatic carbocycles. The number of rotatable bonds is 5. The van der Waals surface area contributed by atoms with Gasteiger partial charge >= 0.3 is 0 Å². The lowest BCUT2D eigenvalue weighted by atomic mass is 10.2. The van der Waals surface area contributed by atoms with Gasteiger partial charge in [-0.1, -0.05) is 53.5 Å². The van der Waals surface area contributed by atoms with Gasteiger partial charge in [-0.25, -0.2) is 9.97 Å². The summed E-state index contributed by atoms with van der Waals surface area (Å²) in [4.78, 5) is 21.0. The third kappa shape index (κ3) is 4.50. The topological polar surface area (TPSA) is 66.9 Å². The van der Waals surface area contributed by atoms with Crippen LogP contribution < -0.4 is 10.6 Å².